The summed E-state index contributed by atoms with van der Waals surface area (Å²) in [5.41, 5.74) is -0.546. The van der Waals surface area contributed by atoms with E-state index < -0.39 is 11.4 Å². The van der Waals surface area contributed by atoms with Gasteiger partial charge in [-0.2, -0.15) is 0 Å². The van der Waals surface area contributed by atoms with Crippen molar-refractivity contribution in [2.75, 3.05) is 32.8 Å². The molecule has 0 radical (unpaired) electrons. The van der Waals surface area contributed by atoms with E-state index in [-0.39, 0.29) is 0 Å². The van der Waals surface area contributed by atoms with Crippen molar-refractivity contribution in [3.05, 3.63) is 0 Å². The summed E-state index contributed by atoms with van der Waals surface area (Å²) in [6.07, 6.45) is 3.84. The van der Waals surface area contributed by atoms with Gasteiger partial charge in [-0.1, -0.05) is 13.3 Å². The van der Waals surface area contributed by atoms with E-state index >= 15 is 0 Å². The highest BCUT2D eigenvalue weighted by Crippen LogP contribution is 2.34. The minimum absolute atomic E-state index is 0.546. The third-order valence-corrected chi connectivity index (χ3v) is 4.16. The summed E-state index contributed by atoms with van der Waals surface area (Å²) in [6.45, 7) is 6.29. The molecule has 0 unspecified atom stereocenters. The lowest BCUT2D eigenvalue weighted by Gasteiger charge is -2.45. The largest absolute Gasteiger partial charge is 0.481 e. The number of aliphatic carboxylic acids is 1. The van der Waals surface area contributed by atoms with Crippen LogP contribution >= 0.6 is 0 Å². The molecule has 0 aliphatic carbocycles. The van der Waals surface area contributed by atoms with Gasteiger partial charge in [0.25, 0.3) is 0 Å². The number of carbonyl (C=O) groups is 1. The minimum atomic E-state index is -0.639. The minimum Gasteiger partial charge on any atom is -0.481 e. The molecule has 2 aliphatic heterocycles. The second-order valence-electron chi connectivity index (χ2n) is 5.55. The van der Waals surface area contributed by atoms with Crippen LogP contribution in [-0.4, -0.2) is 48.8 Å². The third kappa shape index (κ3) is 2.80. The number of nitrogens with zero attached hydrogens (tertiary/aromatic N) is 1. The van der Waals surface area contributed by atoms with Gasteiger partial charge in [0.05, 0.1) is 5.41 Å². The Labute approximate surface area is 103 Å². The summed E-state index contributed by atoms with van der Waals surface area (Å²) in [5, 5.41) is 9.44. The normalized spacial score (nSPS) is 25.5. The Hall–Kier alpha value is -0.610. The molecular formula is C13H23NO3. The fourth-order valence-corrected chi connectivity index (χ4v) is 3.03. The number of carboxylic acid groups (broad SMARTS) is 1. The summed E-state index contributed by atoms with van der Waals surface area (Å²) in [4.78, 5) is 13.8. The summed E-state index contributed by atoms with van der Waals surface area (Å²) >= 11 is 0. The summed E-state index contributed by atoms with van der Waals surface area (Å²) < 4.78 is 5.29. The van der Waals surface area contributed by atoms with Crippen LogP contribution in [0.25, 0.3) is 0 Å². The maximum atomic E-state index is 11.5. The topological polar surface area (TPSA) is 49.8 Å². The zero-order chi connectivity index (χ0) is 12.3. The monoisotopic (exact) mass is 241 g/mol. The first-order valence-corrected chi connectivity index (χ1v) is 6.70. The van der Waals surface area contributed by atoms with Gasteiger partial charge in [0, 0.05) is 32.8 Å². The van der Waals surface area contributed by atoms with Crippen LogP contribution in [0.3, 0.4) is 0 Å². The standard InChI is InChI=1S/C13H23NO3/c1-2-3-11-8-14(9-11)10-13(12(15)16)4-6-17-7-5-13/h11H,2-10H2,1H3,(H,15,16). The molecule has 2 rings (SSSR count). The molecule has 1 N–H and O–H groups in total. The molecule has 2 aliphatic rings. The molecule has 4 nitrogen and oxygen atoms in total. The number of rotatable bonds is 5. The molecule has 2 heterocycles. The number of hydrogen-bond acceptors (Lipinski definition) is 3. The highest BCUT2D eigenvalue weighted by molar-refractivity contribution is 5.75. The Morgan fingerprint density at radius 1 is 1.41 bits per heavy atom. The zero-order valence-electron chi connectivity index (χ0n) is 10.7. The Bertz CT molecular complexity index is 268. The molecular weight excluding hydrogens is 218 g/mol. The van der Waals surface area contributed by atoms with E-state index in [4.69, 9.17) is 4.74 Å². The van der Waals surface area contributed by atoms with Gasteiger partial charge in [-0.25, -0.2) is 0 Å². The van der Waals surface area contributed by atoms with Gasteiger partial charge in [-0.3, -0.25) is 4.79 Å². The SMILES string of the molecule is CCCC1CN(CC2(C(=O)O)CCOCC2)C1. The van der Waals surface area contributed by atoms with E-state index in [1.54, 1.807) is 0 Å². The Kier molecular flexibility index (Phi) is 4.05. The van der Waals surface area contributed by atoms with Gasteiger partial charge in [-0.05, 0) is 25.2 Å². The average Bonchev–Trinajstić information content (AvgIpc) is 2.27. The molecule has 0 saturated carbocycles. The van der Waals surface area contributed by atoms with Crippen molar-refractivity contribution in [2.45, 2.75) is 32.6 Å². The van der Waals surface area contributed by atoms with Crippen molar-refractivity contribution in [1.29, 1.82) is 0 Å². The smallest absolute Gasteiger partial charge is 0.311 e. The van der Waals surface area contributed by atoms with E-state index in [0.29, 0.717) is 32.6 Å². The van der Waals surface area contributed by atoms with Crippen molar-refractivity contribution < 1.29 is 14.6 Å². The predicted molar refractivity (Wildman–Crippen MR) is 65.0 cm³/mol. The molecule has 17 heavy (non-hydrogen) atoms. The lowest BCUT2D eigenvalue weighted by Crippen LogP contribution is -2.54. The van der Waals surface area contributed by atoms with Crippen molar-refractivity contribution >= 4 is 5.97 Å². The van der Waals surface area contributed by atoms with Gasteiger partial charge in [0.15, 0.2) is 0 Å². The first kappa shape index (κ1) is 12.8. The molecule has 0 spiro atoms. The molecule has 4 heteroatoms. The first-order chi connectivity index (χ1) is 8.16. The summed E-state index contributed by atoms with van der Waals surface area (Å²) in [7, 11) is 0. The van der Waals surface area contributed by atoms with E-state index in [0.717, 1.165) is 19.0 Å². The van der Waals surface area contributed by atoms with E-state index in [1.165, 1.54) is 12.8 Å². The Balaban J connectivity index is 1.85. The molecule has 0 aromatic heterocycles. The van der Waals surface area contributed by atoms with Crippen LogP contribution in [0.15, 0.2) is 0 Å². The molecule has 0 aromatic rings. The zero-order valence-corrected chi connectivity index (χ0v) is 10.7. The number of hydrogen-bond donors (Lipinski definition) is 1. The number of ether oxygens (including phenoxy) is 1. The van der Waals surface area contributed by atoms with Gasteiger partial charge >= 0.3 is 5.97 Å². The first-order valence-electron chi connectivity index (χ1n) is 6.70. The molecule has 0 amide bonds. The second kappa shape index (κ2) is 5.36. The Morgan fingerprint density at radius 2 is 2.06 bits per heavy atom. The van der Waals surface area contributed by atoms with E-state index in [9.17, 15) is 9.90 Å². The van der Waals surface area contributed by atoms with Crippen molar-refractivity contribution in [1.82, 2.24) is 4.90 Å². The van der Waals surface area contributed by atoms with Gasteiger partial charge in [0.1, 0.15) is 0 Å². The second-order valence-corrected chi connectivity index (χ2v) is 5.55. The molecule has 98 valence electrons. The Morgan fingerprint density at radius 3 is 2.59 bits per heavy atom. The fourth-order valence-electron chi connectivity index (χ4n) is 3.03. The van der Waals surface area contributed by atoms with Crippen molar-refractivity contribution in [3.63, 3.8) is 0 Å². The van der Waals surface area contributed by atoms with Crippen LogP contribution in [-0.2, 0) is 9.53 Å². The van der Waals surface area contributed by atoms with Crippen molar-refractivity contribution in [2.24, 2.45) is 11.3 Å². The third-order valence-electron chi connectivity index (χ3n) is 4.16. The fraction of sp³-hybridized carbons (Fsp3) is 0.923. The predicted octanol–water partition coefficient (Wildman–Crippen LogP) is 1.60. The van der Waals surface area contributed by atoms with Crippen LogP contribution < -0.4 is 0 Å². The van der Waals surface area contributed by atoms with Crippen LogP contribution in [0.1, 0.15) is 32.6 Å². The summed E-state index contributed by atoms with van der Waals surface area (Å²) in [5.74, 6) is 0.158. The van der Waals surface area contributed by atoms with Gasteiger partial charge < -0.3 is 14.7 Å². The maximum absolute atomic E-state index is 11.5. The average molecular weight is 241 g/mol. The number of likely N-dealkylation sites (tertiary alicyclic amines) is 1. The highest BCUT2D eigenvalue weighted by Gasteiger charge is 2.43. The summed E-state index contributed by atoms with van der Waals surface area (Å²) in [6, 6.07) is 0. The highest BCUT2D eigenvalue weighted by atomic mass is 16.5. The quantitative estimate of drug-likeness (QED) is 0.794. The lowest BCUT2D eigenvalue weighted by atomic mass is 9.78. The molecule has 0 aromatic carbocycles. The van der Waals surface area contributed by atoms with Crippen LogP contribution in [0.4, 0.5) is 0 Å². The van der Waals surface area contributed by atoms with Gasteiger partial charge in [-0.15, -0.1) is 0 Å². The maximum Gasteiger partial charge on any atom is 0.311 e. The number of carboxylic acids is 1. The van der Waals surface area contributed by atoms with Gasteiger partial charge in [0.2, 0.25) is 0 Å². The molecule has 2 saturated heterocycles. The van der Waals surface area contributed by atoms with Crippen LogP contribution in [0, 0.1) is 11.3 Å². The van der Waals surface area contributed by atoms with Crippen LogP contribution in [0.5, 0.6) is 0 Å². The van der Waals surface area contributed by atoms with E-state index in [1.807, 2.05) is 0 Å². The molecule has 2 fully saturated rings. The van der Waals surface area contributed by atoms with Crippen molar-refractivity contribution in [3.8, 4) is 0 Å². The van der Waals surface area contributed by atoms with Crippen LogP contribution in [0.2, 0.25) is 0 Å². The molecule has 0 atom stereocenters. The lowest BCUT2D eigenvalue weighted by molar-refractivity contribution is -0.158. The van der Waals surface area contributed by atoms with E-state index in [2.05, 4.69) is 11.8 Å². The molecule has 0 bridgehead atoms.